The van der Waals surface area contributed by atoms with Crippen LogP contribution >= 0.6 is 0 Å². The Labute approximate surface area is 147 Å². The first-order valence-corrected chi connectivity index (χ1v) is 8.49. The molecule has 3 rings (SSSR count). The molecule has 25 heavy (non-hydrogen) atoms. The summed E-state index contributed by atoms with van der Waals surface area (Å²) in [6.07, 6.45) is 4.36. The molecule has 1 aliphatic carbocycles. The van der Waals surface area contributed by atoms with Gasteiger partial charge in [-0.2, -0.15) is 0 Å². The van der Waals surface area contributed by atoms with Crippen LogP contribution in [0.3, 0.4) is 0 Å². The van der Waals surface area contributed by atoms with Crippen molar-refractivity contribution in [3.8, 4) is 11.5 Å². The van der Waals surface area contributed by atoms with Crippen molar-refractivity contribution in [2.75, 3.05) is 19.5 Å². The molecule has 134 valence electrons. The van der Waals surface area contributed by atoms with Crippen molar-refractivity contribution >= 4 is 17.6 Å². The molecule has 0 saturated heterocycles. The molecule has 1 fully saturated rings. The number of carbonyl (C=O) groups excluding carboxylic acids is 2. The molecule has 6 heteroatoms. The maximum atomic E-state index is 13.0. The van der Waals surface area contributed by atoms with Crippen LogP contribution in [0.25, 0.3) is 0 Å². The Morgan fingerprint density at radius 1 is 1.16 bits per heavy atom. The van der Waals surface area contributed by atoms with E-state index in [2.05, 4.69) is 5.32 Å². The molecule has 1 spiro atoms. The molecule has 0 radical (unpaired) electrons. The summed E-state index contributed by atoms with van der Waals surface area (Å²) in [4.78, 5) is 25.1. The molecule has 0 atom stereocenters. The van der Waals surface area contributed by atoms with Gasteiger partial charge in [0, 0.05) is 11.6 Å². The molecule has 0 unspecified atom stereocenters. The molecule has 1 N–H and O–H groups in total. The van der Waals surface area contributed by atoms with Crippen molar-refractivity contribution in [3.63, 3.8) is 0 Å². The largest absolute Gasteiger partial charge is 0.497 e. The SMILES string of the molecule is COc1ccc(OC)c(NC(=O)C2=C(C)C(=O)OC23CCCCC3)c1. The van der Waals surface area contributed by atoms with Gasteiger partial charge in [0.1, 0.15) is 17.1 Å². The van der Waals surface area contributed by atoms with Gasteiger partial charge in [0.2, 0.25) is 0 Å². The van der Waals surface area contributed by atoms with Gasteiger partial charge in [-0.25, -0.2) is 4.79 Å². The van der Waals surface area contributed by atoms with Crippen LogP contribution in [0.15, 0.2) is 29.3 Å². The van der Waals surface area contributed by atoms with Crippen LogP contribution in [-0.4, -0.2) is 31.7 Å². The summed E-state index contributed by atoms with van der Waals surface area (Å²) in [5.74, 6) is 0.407. The first-order valence-electron chi connectivity index (χ1n) is 8.49. The maximum absolute atomic E-state index is 13.0. The highest BCUT2D eigenvalue weighted by atomic mass is 16.6. The lowest BCUT2D eigenvalue weighted by Crippen LogP contribution is -2.39. The van der Waals surface area contributed by atoms with Crippen LogP contribution in [0.2, 0.25) is 0 Å². The molecular formula is C19H23NO5. The monoisotopic (exact) mass is 345 g/mol. The van der Waals surface area contributed by atoms with Crippen molar-refractivity contribution in [1.29, 1.82) is 0 Å². The van der Waals surface area contributed by atoms with E-state index in [0.717, 1.165) is 19.3 Å². The molecular weight excluding hydrogens is 322 g/mol. The van der Waals surface area contributed by atoms with Crippen molar-refractivity contribution in [2.45, 2.75) is 44.6 Å². The summed E-state index contributed by atoms with van der Waals surface area (Å²) < 4.78 is 16.2. The maximum Gasteiger partial charge on any atom is 0.335 e. The van der Waals surface area contributed by atoms with Crippen LogP contribution in [0.5, 0.6) is 11.5 Å². The van der Waals surface area contributed by atoms with E-state index in [0.29, 0.717) is 41.2 Å². The predicted octanol–water partition coefficient (Wildman–Crippen LogP) is 3.22. The van der Waals surface area contributed by atoms with E-state index < -0.39 is 11.6 Å². The number of methoxy groups -OCH3 is 2. The van der Waals surface area contributed by atoms with Crippen LogP contribution in [0, 0.1) is 0 Å². The summed E-state index contributed by atoms with van der Waals surface area (Å²) in [5, 5.41) is 2.87. The molecule has 1 saturated carbocycles. The Hall–Kier alpha value is -2.50. The molecule has 1 aromatic carbocycles. The zero-order chi connectivity index (χ0) is 18.0. The van der Waals surface area contributed by atoms with Crippen molar-refractivity contribution in [3.05, 3.63) is 29.3 Å². The van der Waals surface area contributed by atoms with E-state index in [1.165, 1.54) is 7.11 Å². The van der Waals surface area contributed by atoms with Gasteiger partial charge in [0.05, 0.1) is 25.5 Å². The third-order valence-corrected chi connectivity index (χ3v) is 4.97. The third-order valence-electron chi connectivity index (χ3n) is 4.97. The molecule has 1 aliphatic heterocycles. The fourth-order valence-electron chi connectivity index (χ4n) is 3.70. The lowest BCUT2D eigenvalue weighted by atomic mass is 9.78. The second-order valence-electron chi connectivity index (χ2n) is 6.46. The highest BCUT2D eigenvalue weighted by molar-refractivity contribution is 6.13. The Morgan fingerprint density at radius 3 is 2.52 bits per heavy atom. The minimum Gasteiger partial charge on any atom is -0.497 e. The zero-order valence-electron chi connectivity index (χ0n) is 14.8. The van der Waals surface area contributed by atoms with Crippen molar-refractivity contribution in [1.82, 2.24) is 0 Å². The normalized spacial score (nSPS) is 18.9. The van der Waals surface area contributed by atoms with E-state index in [-0.39, 0.29) is 5.91 Å². The van der Waals surface area contributed by atoms with Crippen LogP contribution in [0.1, 0.15) is 39.0 Å². The van der Waals surface area contributed by atoms with Gasteiger partial charge < -0.3 is 19.5 Å². The standard InChI is InChI=1S/C19H23NO5/c1-12-16(19(25-18(12)22)9-5-4-6-10-19)17(21)20-14-11-13(23-2)7-8-15(14)24-3/h7-8,11H,4-6,9-10H2,1-3H3,(H,20,21). The fourth-order valence-corrected chi connectivity index (χ4v) is 3.70. The number of rotatable bonds is 4. The number of carbonyl (C=O) groups is 2. The molecule has 1 aromatic rings. The minimum atomic E-state index is -0.782. The number of benzene rings is 1. The molecule has 1 heterocycles. The topological polar surface area (TPSA) is 73.9 Å². The number of nitrogens with one attached hydrogen (secondary N) is 1. The van der Waals surface area contributed by atoms with Gasteiger partial charge in [-0.05, 0) is 44.7 Å². The summed E-state index contributed by atoms with van der Waals surface area (Å²) in [5.41, 5.74) is 0.552. The average molecular weight is 345 g/mol. The molecule has 0 aromatic heterocycles. The predicted molar refractivity (Wildman–Crippen MR) is 92.8 cm³/mol. The van der Waals surface area contributed by atoms with Crippen molar-refractivity contribution < 1.29 is 23.8 Å². The van der Waals surface area contributed by atoms with Gasteiger partial charge in [0.25, 0.3) is 5.91 Å². The lowest BCUT2D eigenvalue weighted by Gasteiger charge is -2.34. The molecule has 0 bridgehead atoms. The molecule has 2 aliphatic rings. The van der Waals surface area contributed by atoms with Crippen LogP contribution in [-0.2, 0) is 14.3 Å². The Kier molecular flexibility index (Phi) is 4.70. The Balaban J connectivity index is 1.93. The summed E-state index contributed by atoms with van der Waals surface area (Å²) in [7, 11) is 3.09. The summed E-state index contributed by atoms with van der Waals surface area (Å²) >= 11 is 0. The zero-order valence-corrected chi connectivity index (χ0v) is 14.8. The molecule has 6 nitrogen and oxygen atoms in total. The quantitative estimate of drug-likeness (QED) is 0.848. The third kappa shape index (κ3) is 3.08. The number of hydrogen-bond donors (Lipinski definition) is 1. The molecule has 1 amide bonds. The number of amides is 1. The Morgan fingerprint density at radius 2 is 1.88 bits per heavy atom. The highest BCUT2D eigenvalue weighted by Crippen LogP contribution is 2.44. The average Bonchev–Trinajstić information content (AvgIpc) is 2.85. The smallest absolute Gasteiger partial charge is 0.335 e. The first-order chi connectivity index (χ1) is 12.0. The second-order valence-corrected chi connectivity index (χ2v) is 6.46. The van der Waals surface area contributed by atoms with E-state index in [9.17, 15) is 9.59 Å². The van der Waals surface area contributed by atoms with Gasteiger partial charge in [-0.3, -0.25) is 4.79 Å². The van der Waals surface area contributed by atoms with E-state index >= 15 is 0 Å². The van der Waals surface area contributed by atoms with Crippen LogP contribution < -0.4 is 14.8 Å². The van der Waals surface area contributed by atoms with Crippen LogP contribution in [0.4, 0.5) is 5.69 Å². The number of esters is 1. The first kappa shape index (κ1) is 17.3. The van der Waals surface area contributed by atoms with E-state index in [1.807, 2.05) is 0 Å². The lowest BCUT2D eigenvalue weighted by molar-refractivity contribution is -0.149. The summed E-state index contributed by atoms with van der Waals surface area (Å²) in [6, 6.07) is 5.17. The van der Waals surface area contributed by atoms with Gasteiger partial charge in [0.15, 0.2) is 0 Å². The summed E-state index contributed by atoms with van der Waals surface area (Å²) in [6.45, 7) is 1.66. The number of hydrogen-bond acceptors (Lipinski definition) is 5. The minimum absolute atomic E-state index is 0.322. The van der Waals surface area contributed by atoms with Gasteiger partial charge in [-0.15, -0.1) is 0 Å². The van der Waals surface area contributed by atoms with Gasteiger partial charge in [-0.1, -0.05) is 6.42 Å². The highest BCUT2D eigenvalue weighted by Gasteiger charge is 2.49. The van der Waals surface area contributed by atoms with Gasteiger partial charge >= 0.3 is 5.97 Å². The van der Waals surface area contributed by atoms with Crippen molar-refractivity contribution in [2.24, 2.45) is 0 Å². The number of anilines is 1. The Bertz CT molecular complexity index is 731. The fraction of sp³-hybridized carbons (Fsp3) is 0.474. The second kappa shape index (κ2) is 6.78. The number of ether oxygens (including phenoxy) is 3. The van der Waals surface area contributed by atoms with E-state index in [1.54, 1.807) is 32.2 Å². The van der Waals surface area contributed by atoms with E-state index in [4.69, 9.17) is 14.2 Å².